The smallest absolute Gasteiger partial charge is 0.131 e. The fourth-order valence-electron chi connectivity index (χ4n) is 9.99. The molecule has 0 radical (unpaired) electrons. The molecule has 0 spiro atoms. The summed E-state index contributed by atoms with van der Waals surface area (Å²) >= 11 is 0. The van der Waals surface area contributed by atoms with Crippen molar-refractivity contribution in [1.82, 2.24) is 19.9 Å². The molecule has 8 nitrogen and oxygen atoms in total. The van der Waals surface area contributed by atoms with Gasteiger partial charge in [-0.3, -0.25) is 0 Å². The first kappa shape index (κ1) is 54.0. The lowest BCUT2D eigenvalue weighted by molar-refractivity contribution is 0.288. The van der Waals surface area contributed by atoms with Gasteiger partial charge in [-0.25, -0.2) is 0 Å². The normalized spacial score (nSPS) is 12.2. The monoisotopic (exact) mass is 977 g/mol. The second-order valence-electron chi connectivity index (χ2n) is 20.1. The molecule has 0 fully saturated rings. The van der Waals surface area contributed by atoms with Gasteiger partial charge in [0.15, 0.2) is 0 Å². The Kier molecular flexibility index (Phi) is 22.7. The number of H-pyrrole nitrogens is 4. The number of benzene rings is 2. The molecule has 0 aliphatic carbocycles. The van der Waals surface area contributed by atoms with Gasteiger partial charge in [0.05, 0.1) is 37.6 Å². The third-order valence-corrected chi connectivity index (χ3v) is 14.0. The van der Waals surface area contributed by atoms with Crippen molar-refractivity contribution in [2.45, 2.75) is 182 Å². The summed E-state index contributed by atoms with van der Waals surface area (Å²) in [6.07, 6.45) is 33.4. The van der Waals surface area contributed by atoms with Crippen LogP contribution in [0.1, 0.15) is 216 Å². The number of nitrogens with one attached hydrogen (secondary N) is 4. The van der Waals surface area contributed by atoms with Gasteiger partial charge in [-0.05, 0) is 111 Å². The first-order valence-corrected chi connectivity index (χ1v) is 28.6. The van der Waals surface area contributed by atoms with Crippen molar-refractivity contribution >= 4 is 23.3 Å². The summed E-state index contributed by atoms with van der Waals surface area (Å²) in [5.41, 5.74) is 7.88. The minimum Gasteiger partial charge on any atom is -0.493 e. The van der Waals surface area contributed by atoms with E-state index in [2.05, 4.69) is 145 Å². The van der Waals surface area contributed by atoms with Crippen LogP contribution < -0.4 is 40.3 Å². The summed E-state index contributed by atoms with van der Waals surface area (Å²) in [4.78, 5) is 15.3. The Bertz CT molecular complexity index is 2490. The summed E-state index contributed by atoms with van der Waals surface area (Å²) in [7, 11) is 0. The summed E-state index contributed by atoms with van der Waals surface area (Å²) in [5, 5.41) is 3.92. The Morgan fingerprint density at radius 2 is 0.611 bits per heavy atom. The molecule has 0 amide bonds. The topological polar surface area (TPSA) is 100 Å². The van der Waals surface area contributed by atoms with E-state index in [0.717, 1.165) is 115 Å². The van der Waals surface area contributed by atoms with Crippen molar-refractivity contribution in [1.29, 1.82) is 0 Å². The molecule has 0 saturated heterocycles. The molecule has 7 rings (SSSR count). The number of aromatic nitrogens is 4. The molecule has 1 aliphatic rings. The molecule has 2 aromatic carbocycles. The number of hydrogen-bond acceptors (Lipinski definition) is 4. The van der Waals surface area contributed by atoms with Crippen molar-refractivity contribution < 1.29 is 18.9 Å². The third-order valence-electron chi connectivity index (χ3n) is 14.0. The Balaban J connectivity index is 1.29. The third kappa shape index (κ3) is 16.1. The zero-order valence-corrected chi connectivity index (χ0v) is 44.7. The van der Waals surface area contributed by atoms with Crippen molar-refractivity contribution in [3.63, 3.8) is 0 Å². The van der Waals surface area contributed by atoms with Gasteiger partial charge in [0.25, 0.3) is 0 Å². The van der Waals surface area contributed by atoms with Crippen LogP contribution in [0.4, 0.5) is 0 Å². The van der Waals surface area contributed by atoms with E-state index in [4.69, 9.17) is 18.9 Å². The van der Waals surface area contributed by atoms with Gasteiger partial charge in [0, 0.05) is 55.3 Å². The number of fused-ring (bicyclic) bond motifs is 8. The molecule has 0 atom stereocenters. The van der Waals surface area contributed by atoms with E-state index >= 15 is 0 Å². The van der Waals surface area contributed by atoms with E-state index in [9.17, 15) is 0 Å². The van der Waals surface area contributed by atoms with Gasteiger partial charge in [0.1, 0.15) is 23.0 Å². The maximum Gasteiger partial charge on any atom is 0.131 e. The largest absolute Gasteiger partial charge is 0.493 e. The summed E-state index contributed by atoms with van der Waals surface area (Å²) in [6, 6.07) is 30.0. The standard InChI is InChI=1S/C64H88N4O4/c1-5-9-13-17-21-25-43-69-57-31-29-32-58(70-44-26-22-18-14-10-6-2)63(57)61-53-39-35-49(65-53)47-51-37-41-55(67-51)62(56-42-38-52(68-56)48-50-36-40-54(61)66-50)64-59(71-45-27-23-19-15-11-7-3)33-30-34-60(64)72-46-28-24-20-16-12-8-4/h29-42,47-48,65-68H,5-28,43-46H2,1-4H3. The summed E-state index contributed by atoms with van der Waals surface area (Å²) < 4.78 is 27.1. The van der Waals surface area contributed by atoms with Gasteiger partial charge < -0.3 is 38.9 Å². The molecule has 72 heavy (non-hydrogen) atoms. The predicted octanol–water partition coefficient (Wildman–Crippen LogP) is 14.4. The van der Waals surface area contributed by atoms with Crippen molar-refractivity contribution in [3.8, 4) is 23.0 Å². The number of hydrogen-bond donors (Lipinski definition) is 4. The van der Waals surface area contributed by atoms with Crippen LogP contribution in [0.2, 0.25) is 0 Å². The fourth-order valence-corrected chi connectivity index (χ4v) is 9.99. The first-order chi connectivity index (χ1) is 35.6. The SMILES string of the molecule is CCCCCCCCOc1cccc(OCCCCCCCC)c1C1=c2ccc([nH]2)=Cc2ccc([nH]2)C(c2c(OCCCCCCCC)cccc2OCCCCCCCC)=c2ccc([nH]2)=Cc2ccc1[nH]2. The fraction of sp³-hybridized carbons (Fsp3) is 0.500. The van der Waals surface area contributed by atoms with Gasteiger partial charge in [0.2, 0.25) is 0 Å². The second kappa shape index (κ2) is 30.3. The average molecular weight is 977 g/mol. The lowest BCUT2D eigenvalue weighted by Gasteiger charge is -2.18. The molecule has 0 unspecified atom stereocenters. The predicted molar refractivity (Wildman–Crippen MR) is 300 cm³/mol. The molecular weight excluding hydrogens is 889 g/mol. The van der Waals surface area contributed by atoms with Crippen molar-refractivity contribution in [3.05, 3.63) is 140 Å². The number of aromatic amines is 4. The molecular formula is C64H88N4O4. The lowest BCUT2D eigenvalue weighted by Crippen LogP contribution is -2.17. The van der Waals surface area contributed by atoms with E-state index in [1.54, 1.807) is 0 Å². The van der Waals surface area contributed by atoms with Crippen LogP contribution in [0.5, 0.6) is 23.0 Å². The van der Waals surface area contributed by atoms with Gasteiger partial charge >= 0.3 is 0 Å². The van der Waals surface area contributed by atoms with Crippen LogP contribution in [0.3, 0.4) is 0 Å². The minimum absolute atomic E-state index is 0.659. The van der Waals surface area contributed by atoms with Crippen LogP contribution in [-0.2, 0) is 0 Å². The van der Waals surface area contributed by atoms with Crippen LogP contribution >= 0.6 is 0 Å². The quantitative estimate of drug-likeness (QED) is 0.0302. The Morgan fingerprint density at radius 3 is 0.931 bits per heavy atom. The van der Waals surface area contributed by atoms with E-state index in [1.807, 2.05) is 0 Å². The maximum absolute atomic E-state index is 6.76. The summed E-state index contributed by atoms with van der Waals surface area (Å²) in [6.45, 7) is 11.7. The number of unbranched alkanes of at least 4 members (excludes halogenated alkanes) is 20. The first-order valence-electron chi connectivity index (χ1n) is 28.6. The minimum atomic E-state index is 0.659. The average Bonchev–Trinajstić information content (AvgIpc) is 4.24. The molecule has 8 bridgehead atoms. The Morgan fingerprint density at radius 1 is 0.306 bits per heavy atom. The molecule has 5 heterocycles. The second-order valence-corrected chi connectivity index (χ2v) is 20.1. The van der Waals surface area contributed by atoms with E-state index in [1.165, 1.54) is 128 Å². The van der Waals surface area contributed by atoms with Gasteiger partial charge in [-0.2, -0.15) is 0 Å². The lowest BCUT2D eigenvalue weighted by atomic mass is 10.00. The van der Waals surface area contributed by atoms with E-state index < -0.39 is 0 Å². The van der Waals surface area contributed by atoms with E-state index in [0.29, 0.717) is 26.4 Å². The van der Waals surface area contributed by atoms with Crippen molar-refractivity contribution in [2.75, 3.05) is 26.4 Å². The molecule has 4 aromatic heterocycles. The van der Waals surface area contributed by atoms with Gasteiger partial charge in [-0.15, -0.1) is 0 Å². The highest BCUT2D eigenvalue weighted by Crippen LogP contribution is 2.39. The number of rotatable bonds is 34. The Hall–Kier alpha value is -5.76. The maximum atomic E-state index is 6.76. The van der Waals surface area contributed by atoms with Crippen LogP contribution in [0.25, 0.3) is 23.3 Å². The molecule has 4 N–H and O–H groups in total. The molecule has 388 valence electrons. The van der Waals surface area contributed by atoms with E-state index in [-0.39, 0.29) is 0 Å². The highest BCUT2D eigenvalue weighted by Gasteiger charge is 2.23. The Labute approximate surface area is 431 Å². The highest BCUT2D eigenvalue weighted by molar-refractivity contribution is 5.86. The molecule has 6 aromatic rings. The highest BCUT2D eigenvalue weighted by atomic mass is 16.5. The van der Waals surface area contributed by atoms with Crippen LogP contribution in [0, 0.1) is 0 Å². The van der Waals surface area contributed by atoms with Crippen LogP contribution in [0.15, 0.2) is 84.9 Å². The van der Waals surface area contributed by atoms with Crippen LogP contribution in [-0.4, -0.2) is 46.4 Å². The molecule has 8 heteroatoms. The number of ether oxygens (including phenoxy) is 4. The summed E-state index contributed by atoms with van der Waals surface area (Å²) in [5.74, 6) is 3.36. The zero-order valence-electron chi connectivity index (χ0n) is 44.7. The molecule has 1 aliphatic heterocycles. The van der Waals surface area contributed by atoms with Crippen molar-refractivity contribution in [2.24, 2.45) is 0 Å². The molecule has 0 saturated carbocycles. The zero-order chi connectivity index (χ0) is 50.0. The van der Waals surface area contributed by atoms with Gasteiger partial charge in [-0.1, -0.05) is 168 Å².